The van der Waals surface area contributed by atoms with Gasteiger partial charge >= 0.3 is 12.1 Å². The lowest BCUT2D eigenvalue weighted by Crippen LogP contribution is -2.47. The molecule has 1 fully saturated rings. The van der Waals surface area contributed by atoms with Gasteiger partial charge in [0.1, 0.15) is 0 Å². The number of amides is 3. The van der Waals surface area contributed by atoms with E-state index in [1.54, 1.807) is 36.1 Å². The number of ether oxygens (including phenoxy) is 1. The summed E-state index contributed by atoms with van der Waals surface area (Å²) < 4.78 is 4.96. The van der Waals surface area contributed by atoms with Crippen LogP contribution in [0, 0.1) is 11.3 Å². The van der Waals surface area contributed by atoms with Crippen LogP contribution < -0.4 is 10.6 Å². The normalized spacial score (nSPS) is 14.7. The van der Waals surface area contributed by atoms with Gasteiger partial charge in [-0.2, -0.15) is 5.26 Å². The second kappa shape index (κ2) is 8.03. The molecule has 1 saturated heterocycles. The SMILES string of the molecule is CCOC(=O)N1CCC(NC(=O)Nc2ccc(C#N)cc2)CC1. The summed E-state index contributed by atoms with van der Waals surface area (Å²) in [6.07, 6.45) is 1.09. The molecule has 0 unspecified atom stereocenters. The number of benzene rings is 1. The van der Waals surface area contributed by atoms with Gasteiger partial charge in [-0.15, -0.1) is 0 Å². The Morgan fingerprint density at radius 2 is 1.96 bits per heavy atom. The summed E-state index contributed by atoms with van der Waals surface area (Å²) >= 11 is 0. The van der Waals surface area contributed by atoms with E-state index in [0.29, 0.717) is 43.8 Å². The lowest BCUT2D eigenvalue weighted by atomic mass is 10.1. The highest BCUT2D eigenvalue weighted by Crippen LogP contribution is 2.13. The highest BCUT2D eigenvalue weighted by atomic mass is 16.6. The topological polar surface area (TPSA) is 94.5 Å². The first-order valence-corrected chi connectivity index (χ1v) is 7.61. The fourth-order valence-corrected chi connectivity index (χ4v) is 2.40. The van der Waals surface area contributed by atoms with Gasteiger partial charge in [-0.25, -0.2) is 9.59 Å². The van der Waals surface area contributed by atoms with Crippen LogP contribution in [0.1, 0.15) is 25.3 Å². The molecular formula is C16H20N4O3. The van der Waals surface area contributed by atoms with Crippen LogP contribution in [0.5, 0.6) is 0 Å². The van der Waals surface area contributed by atoms with Gasteiger partial charge in [-0.05, 0) is 44.0 Å². The monoisotopic (exact) mass is 316 g/mol. The molecule has 23 heavy (non-hydrogen) atoms. The summed E-state index contributed by atoms with van der Waals surface area (Å²) in [5.41, 5.74) is 1.17. The summed E-state index contributed by atoms with van der Waals surface area (Å²) in [5.74, 6) is 0. The van der Waals surface area contributed by atoms with Gasteiger partial charge in [-0.3, -0.25) is 0 Å². The molecule has 7 nitrogen and oxygen atoms in total. The van der Waals surface area contributed by atoms with Crippen molar-refractivity contribution in [3.8, 4) is 6.07 Å². The number of nitriles is 1. The first kappa shape index (κ1) is 16.6. The van der Waals surface area contributed by atoms with Crippen LogP contribution in [0.4, 0.5) is 15.3 Å². The van der Waals surface area contributed by atoms with Crippen LogP contribution in [0.25, 0.3) is 0 Å². The molecule has 3 amide bonds. The van der Waals surface area contributed by atoms with Crippen molar-refractivity contribution < 1.29 is 14.3 Å². The van der Waals surface area contributed by atoms with Crippen molar-refractivity contribution in [1.82, 2.24) is 10.2 Å². The first-order valence-electron chi connectivity index (χ1n) is 7.61. The predicted molar refractivity (Wildman–Crippen MR) is 84.9 cm³/mol. The highest BCUT2D eigenvalue weighted by Gasteiger charge is 2.24. The minimum absolute atomic E-state index is 0.0269. The number of nitrogens with one attached hydrogen (secondary N) is 2. The molecule has 2 N–H and O–H groups in total. The van der Waals surface area contributed by atoms with E-state index in [0.717, 1.165) is 0 Å². The Bertz CT molecular complexity index is 586. The van der Waals surface area contributed by atoms with E-state index >= 15 is 0 Å². The molecular weight excluding hydrogens is 296 g/mol. The zero-order chi connectivity index (χ0) is 16.7. The van der Waals surface area contributed by atoms with E-state index in [-0.39, 0.29) is 18.2 Å². The molecule has 122 valence electrons. The van der Waals surface area contributed by atoms with Gasteiger partial charge in [-0.1, -0.05) is 0 Å². The third-order valence-electron chi connectivity index (χ3n) is 3.63. The number of urea groups is 1. The predicted octanol–water partition coefficient (Wildman–Crippen LogP) is 2.30. The average Bonchev–Trinajstić information content (AvgIpc) is 2.56. The number of carbonyl (C=O) groups excluding carboxylic acids is 2. The first-order chi connectivity index (χ1) is 11.1. The number of carbonyl (C=O) groups is 2. The lowest BCUT2D eigenvalue weighted by molar-refractivity contribution is 0.0959. The summed E-state index contributed by atoms with van der Waals surface area (Å²) in [7, 11) is 0. The fourth-order valence-electron chi connectivity index (χ4n) is 2.40. The van der Waals surface area contributed by atoms with Crippen molar-refractivity contribution >= 4 is 17.8 Å². The summed E-state index contributed by atoms with van der Waals surface area (Å²) in [6.45, 7) is 3.28. The minimum atomic E-state index is -0.298. The van der Waals surface area contributed by atoms with Gasteiger partial charge in [0.2, 0.25) is 0 Å². The largest absolute Gasteiger partial charge is 0.450 e. The molecule has 1 aliphatic rings. The van der Waals surface area contributed by atoms with Crippen LogP contribution in [-0.4, -0.2) is 42.8 Å². The molecule has 0 aromatic heterocycles. The van der Waals surface area contributed by atoms with Gasteiger partial charge in [0.05, 0.1) is 18.2 Å². The van der Waals surface area contributed by atoms with E-state index in [1.165, 1.54) is 0 Å². The molecule has 0 bridgehead atoms. The van der Waals surface area contributed by atoms with Crippen LogP contribution in [0.15, 0.2) is 24.3 Å². The Morgan fingerprint density at radius 1 is 1.30 bits per heavy atom. The van der Waals surface area contributed by atoms with Crippen LogP contribution in [0.3, 0.4) is 0 Å². The van der Waals surface area contributed by atoms with E-state index in [2.05, 4.69) is 10.6 Å². The minimum Gasteiger partial charge on any atom is -0.450 e. The van der Waals surface area contributed by atoms with Crippen molar-refractivity contribution in [2.45, 2.75) is 25.8 Å². The zero-order valence-corrected chi connectivity index (χ0v) is 13.0. The van der Waals surface area contributed by atoms with E-state index < -0.39 is 0 Å². The molecule has 1 aromatic rings. The number of anilines is 1. The molecule has 0 radical (unpaired) electrons. The molecule has 1 aromatic carbocycles. The van der Waals surface area contributed by atoms with Gasteiger partial charge in [0, 0.05) is 24.8 Å². The van der Waals surface area contributed by atoms with Gasteiger partial charge in [0.15, 0.2) is 0 Å². The van der Waals surface area contributed by atoms with Crippen molar-refractivity contribution in [1.29, 1.82) is 5.26 Å². The number of nitrogens with zero attached hydrogens (tertiary/aromatic N) is 2. The quantitative estimate of drug-likeness (QED) is 0.894. The second-order valence-electron chi connectivity index (χ2n) is 5.25. The van der Waals surface area contributed by atoms with E-state index in [4.69, 9.17) is 10.00 Å². The average molecular weight is 316 g/mol. The number of hydrogen-bond acceptors (Lipinski definition) is 4. The third-order valence-corrected chi connectivity index (χ3v) is 3.63. The van der Waals surface area contributed by atoms with Crippen molar-refractivity contribution in [2.75, 3.05) is 25.0 Å². The Hall–Kier alpha value is -2.75. The lowest BCUT2D eigenvalue weighted by Gasteiger charge is -2.31. The standard InChI is InChI=1S/C16H20N4O3/c1-2-23-16(22)20-9-7-14(8-10-20)19-15(21)18-13-5-3-12(11-17)4-6-13/h3-6,14H,2,7-10H2,1H3,(H2,18,19,21). The van der Waals surface area contributed by atoms with Crippen LogP contribution in [0.2, 0.25) is 0 Å². The summed E-state index contributed by atoms with van der Waals surface area (Å²) in [5, 5.41) is 14.4. The maximum absolute atomic E-state index is 12.0. The summed E-state index contributed by atoms with van der Waals surface area (Å²) in [4.78, 5) is 25.2. The number of hydrogen-bond donors (Lipinski definition) is 2. The molecule has 0 spiro atoms. The fraction of sp³-hybridized carbons (Fsp3) is 0.438. The Kier molecular flexibility index (Phi) is 5.80. The van der Waals surface area contributed by atoms with E-state index in [1.807, 2.05) is 6.07 Å². The van der Waals surface area contributed by atoms with Gasteiger partial charge < -0.3 is 20.3 Å². The Balaban J connectivity index is 1.76. The number of rotatable bonds is 3. The molecule has 1 aliphatic heterocycles. The van der Waals surface area contributed by atoms with Gasteiger partial charge in [0.25, 0.3) is 0 Å². The second-order valence-corrected chi connectivity index (χ2v) is 5.25. The van der Waals surface area contributed by atoms with Crippen molar-refractivity contribution in [3.63, 3.8) is 0 Å². The molecule has 7 heteroatoms. The molecule has 2 rings (SSSR count). The maximum Gasteiger partial charge on any atom is 0.409 e. The van der Waals surface area contributed by atoms with Crippen molar-refractivity contribution in [3.05, 3.63) is 29.8 Å². The molecule has 1 heterocycles. The Labute approximate surface area is 135 Å². The zero-order valence-electron chi connectivity index (χ0n) is 13.0. The molecule has 0 saturated carbocycles. The highest BCUT2D eigenvalue weighted by molar-refractivity contribution is 5.89. The maximum atomic E-state index is 12.0. The van der Waals surface area contributed by atoms with Crippen LogP contribution >= 0.6 is 0 Å². The molecule has 0 atom stereocenters. The number of likely N-dealkylation sites (tertiary alicyclic amines) is 1. The smallest absolute Gasteiger partial charge is 0.409 e. The third kappa shape index (κ3) is 4.88. The van der Waals surface area contributed by atoms with E-state index in [9.17, 15) is 9.59 Å². The number of piperidine rings is 1. The van der Waals surface area contributed by atoms with Crippen LogP contribution in [-0.2, 0) is 4.74 Å². The Morgan fingerprint density at radius 3 is 2.52 bits per heavy atom. The molecule has 0 aliphatic carbocycles. The van der Waals surface area contributed by atoms with Crippen molar-refractivity contribution in [2.24, 2.45) is 0 Å². The summed E-state index contributed by atoms with van der Waals surface area (Å²) in [6, 6.07) is 8.42.